The van der Waals surface area contributed by atoms with Crippen LogP contribution in [-0.2, 0) is 17.9 Å². The number of allylic oxidation sites excluding steroid dienone is 1. The third-order valence-electron chi connectivity index (χ3n) is 3.20. The monoisotopic (exact) mass is 231 g/mol. The van der Waals surface area contributed by atoms with Crippen molar-refractivity contribution in [3.63, 3.8) is 0 Å². The van der Waals surface area contributed by atoms with Crippen LogP contribution in [-0.4, -0.2) is 13.2 Å². The molecular formula is C15H21NO. The average Bonchev–Trinajstić information content (AvgIpc) is 2.40. The highest BCUT2D eigenvalue weighted by Gasteiger charge is 2.08. The minimum Gasteiger partial charge on any atom is -0.380 e. The smallest absolute Gasteiger partial charge is 0.0713 e. The Morgan fingerprint density at radius 3 is 2.59 bits per heavy atom. The maximum Gasteiger partial charge on any atom is 0.0713 e. The Kier molecular flexibility index (Phi) is 4.77. The molecule has 0 heterocycles. The van der Waals surface area contributed by atoms with Gasteiger partial charge in [-0.3, -0.25) is 0 Å². The first-order valence-corrected chi connectivity index (χ1v) is 6.33. The molecule has 0 saturated carbocycles. The first kappa shape index (κ1) is 12.3. The molecule has 17 heavy (non-hydrogen) atoms. The van der Waals surface area contributed by atoms with E-state index in [9.17, 15) is 0 Å². The summed E-state index contributed by atoms with van der Waals surface area (Å²) in [5.41, 5.74) is 2.58. The van der Waals surface area contributed by atoms with Gasteiger partial charge in [0.1, 0.15) is 0 Å². The molecule has 92 valence electrons. The number of rotatable bonds is 5. The normalized spacial score (nSPS) is 19.5. The van der Waals surface area contributed by atoms with Crippen molar-refractivity contribution in [2.24, 2.45) is 0 Å². The zero-order chi connectivity index (χ0) is 11.9. The third-order valence-corrected chi connectivity index (χ3v) is 3.20. The number of hydrogen-bond acceptors (Lipinski definition) is 2. The van der Waals surface area contributed by atoms with Gasteiger partial charge >= 0.3 is 0 Å². The molecule has 0 amide bonds. The molecular weight excluding hydrogens is 210 g/mol. The summed E-state index contributed by atoms with van der Waals surface area (Å²) in [6.07, 6.45) is 8.20. The highest BCUT2D eigenvalue weighted by atomic mass is 16.5. The summed E-state index contributed by atoms with van der Waals surface area (Å²) in [5, 5.41) is 3.61. The molecule has 1 aromatic carbocycles. The molecule has 1 atom stereocenters. The van der Waals surface area contributed by atoms with Gasteiger partial charge in [0, 0.05) is 19.7 Å². The maximum absolute atomic E-state index is 5.10. The number of nitrogens with one attached hydrogen (secondary N) is 1. The van der Waals surface area contributed by atoms with Gasteiger partial charge in [0.2, 0.25) is 0 Å². The predicted octanol–water partition coefficient (Wildman–Crippen LogP) is 3.03. The van der Waals surface area contributed by atoms with Crippen molar-refractivity contribution in [3.05, 3.63) is 47.5 Å². The Labute approximate surface area is 104 Å². The van der Waals surface area contributed by atoms with Crippen LogP contribution in [0.15, 0.2) is 36.4 Å². The Hall–Kier alpha value is -1.12. The summed E-state index contributed by atoms with van der Waals surface area (Å²) < 4.78 is 5.10. The lowest BCUT2D eigenvalue weighted by molar-refractivity contribution is 0.185. The topological polar surface area (TPSA) is 21.3 Å². The summed E-state index contributed by atoms with van der Waals surface area (Å²) in [7, 11) is 1.73. The molecule has 2 heteroatoms. The number of methoxy groups -OCH3 is 1. The van der Waals surface area contributed by atoms with Crippen molar-refractivity contribution >= 4 is 0 Å². The van der Waals surface area contributed by atoms with Crippen LogP contribution in [0, 0.1) is 0 Å². The molecule has 0 saturated heterocycles. The van der Waals surface area contributed by atoms with Gasteiger partial charge < -0.3 is 10.1 Å². The van der Waals surface area contributed by atoms with E-state index in [1.54, 1.807) is 7.11 Å². The summed E-state index contributed by atoms with van der Waals surface area (Å²) in [6, 6.07) is 9.29. The minimum absolute atomic E-state index is 0.652. The van der Waals surface area contributed by atoms with Crippen molar-refractivity contribution in [2.45, 2.75) is 38.5 Å². The molecule has 1 aromatic rings. The van der Waals surface area contributed by atoms with Crippen molar-refractivity contribution < 1.29 is 4.74 Å². The number of ether oxygens (including phenoxy) is 1. The van der Waals surface area contributed by atoms with Crippen LogP contribution in [0.4, 0.5) is 0 Å². The molecule has 1 N–H and O–H groups in total. The second-order valence-electron chi connectivity index (χ2n) is 4.61. The quantitative estimate of drug-likeness (QED) is 0.786. The maximum atomic E-state index is 5.10. The molecule has 0 fully saturated rings. The van der Waals surface area contributed by atoms with E-state index in [1.807, 2.05) is 0 Å². The van der Waals surface area contributed by atoms with Crippen LogP contribution >= 0.6 is 0 Å². The second-order valence-corrected chi connectivity index (χ2v) is 4.61. The van der Waals surface area contributed by atoms with Gasteiger partial charge in [0.25, 0.3) is 0 Å². The molecule has 1 unspecified atom stereocenters. The van der Waals surface area contributed by atoms with Crippen molar-refractivity contribution in [1.82, 2.24) is 5.32 Å². The van der Waals surface area contributed by atoms with Gasteiger partial charge in [-0.2, -0.15) is 0 Å². The molecule has 0 radical (unpaired) electrons. The van der Waals surface area contributed by atoms with Crippen LogP contribution in [0.25, 0.3) is 0 Å². The highest BCUT2D eigenvalue weighted by Crippen LogP contribution is 2.12. The van der Waals surface area contributed by atoms with E-state index in [1.165, 1.54) is 30.4 Å². The van der Waals surface area contributed by atoms with Crippen LogP contribution in [0.1, 0.15) is 30.4 Å². The predicted molar refractivity (Wildman–Crippen MR) is 70.8 cm³/mol. The fourth-order valence-corrected chi connectivity index (χ4v) is 2.16. The number of benzene rings is 1. The summed E-state index contributed by atoms with van der Waals surface area (Å²) in [5.74, 6) is 0. The second kappa shape index (κ2) is 6.58. The molecule has 0 aromatic heterocycles. The van der Waals surface area contributed by atoms with E-state index >= 15 is 0 Å². The lowest BCUT2D eigenvalue weighted by Crippen LogP contribution is -2.29. The van der Waals surface area contributed by atoms with E-state index in [4.69, 9.17) is 4.74 Å². The molecule has 2 nitrogen and oxygen atoms in total. The summed E-state index contributed by atoms with van der Waals surface area (Å²) >= 11 is 0. The fourth-order valence-electron chi connectivity index (χ4n) is 2.16. The molecule has 0 aliphatic heterocycles. The van der Waals surface area contributed by atoms with E-state index in [0.29, 0.717) is 12.6 Å². The molecule has 1 aliphatic carbocycles. The number of hydrogen-bond donors (Lipinski definition) is 1. The minimum atomic E-state index is 0.652. The zero-order valence-corrected chi connectivity index (χ0v) is 10.5. The third kappa shape index (κ3) is 3.99. The molecule has 0 spiro atoms. The van der Waals surface area contributed by atoms with Gasteiger partial charge in [-0.1, -0.05) is 36.4 Å². The standard InChI is InChI=1S/C15H21NO/c1-17-12-14-9-7-13(8-10-14)11-16-15-5-3-2-4-6-15/h2-3,7-10,15-16H,4-6,11-12H2,1H3. The summed E-state index contributed by atoms with van der Waals surface area (Å²) in [4.78, 5) is 0. The SMILES string of the molecule is COCc1ccc(CNC2CC=CCC2)cc1. The molecule has 1 aliphatic rings. The molecule has 2 rings (SSSR count). The van der Waals surface area contributed by atoms with Gasteiger partial charge in [0.05, 0.1) is 6.61 Å². The Bertz CT molecular complexity index is 356. The van der Waals surface area contributed by atoms with Crippen molar-refractivity contribution in [1.29, 1.82) is 0 Å². The first-order chi connectivity index (χ1) is 8.38. The summed E-state index contributed by atoms with van der Waals surface area (Å²) in [6.45, 7) is 1.66. The Morgan fingerprint density at radius 1 is 1.18 bits per heavy atom. The van der Waals surface area contributed by atoms with Gasteiger partial charge in [-0.25, -0.2) is 0 Å². The van der Waals surface area contributed by atoms with Crippen LogP contribution in [0.2, 0.25) is 0 Å². The largest absolute Gasteiger partial charge is 0.380 e. The van der Waals surface area contributed by atoms with Crippen LogP contribution in [0.5, 0.6) is 0 Å². The van der Waals surface area contributed by atoms with E-state index in [-0.39, 0.29) is 0 Å². The lowest BCUT2D eigenvalue weighted by atomic mass is 10.0. The fraction of sp³-hybridized carbons (Fsp3) is 0.467. The Balaban J connectivity index is 1.80. The average molecular weight is 231 g/mol. The van der Waals surface area contributed by atoms with Gasteiger partial charge in [-0.15, -0.1) is 0 Å². The lowest BCUT2D eigenvalue weighted by Gasteiger charge is -2.19. The van der Waals surface area contributed by atoms with E-state index in [2.05, 4.69) is 41.7 Å². The van der Waals surface area contributed by atoms with Crippen LogP contribution < -0.4 is 5.32 Å². The van der Waals surface area contributed by atoms with Crippen molar-refractivity contribution in [2.75, 3.05) is 7.11 Å². The zero-order valence-electron chi connectivity index (χ0n) is 10.5. The first-order valence-electron chi connectivity index (χ1n) is 6.33. The van der Waals surface area contributed by atoms with Gasteiger partial charge in [0.15, 0.2) is 0 Å². The van der Waals surface area contributed by atoms with Crippen molar-refractivity contribution in [3.8, 4) is 0 Å². The van der Waals surface area contributed by atoms with Crippen LogP contribution in [0.3, 0.4) is 0 Å². The Morgan fingerprint density at radius 2 is 1.94 bits per heavy atom. The molecule has 0 bridgehead atoms. The highest BCUT2D eigenvalue weighted by molar-refractivity contribution is 5.22. The van der Waals surface area contributed by atoms with E-state index in [0.717, 1.165) is 6.54 Å². The van der Waals surface area contributed by atoms with Gasteiger partial charge in [-0.05, 0) is 30.4 Å². The van der Waals surface area contributed by atoms with E-state index < -0.39 is 0 Å².